The third-order valence-corrected chi connectivity index (χ3v) is 3.06. The van der Waals surface area contributed by atoms with Crippen LogP contribution < -0.4 is 0 Å². The molecule has 0 aromatic rings. The van der Waals surface area contributed by atoms with Gasteiger partial charge in [0.25, 0.3) is 0 Å². The van der Waals surface area contributed by atoms with Gasteiger partial charge in [-0.15, -0.1) is 0 Å². The summed E-state index contributed by atoms with van der Waals surface area (Å²) in [5.74, 6) is 0.401. The van der Waals surface area contributed by atoms with Gasteiger partial charge in [0, 0.05) is 18.3 Å². The molecule has 0 saturated heterocycles. The lowest BCUT2D eigenvalue weighted by molar-refractivity contribution is -0.0996. The van der Waals surface area contributed by atoms with Crippen molar-refractivity contribution in [2.75, 3.05) is 6.54 Å². The molecule has 0 aliphatic carbocycles. The van der Waals surface area contributed by atoms with E-state index in [0.717, 1.165) is 12.1 Å². The lowest BCUT2D eigenvalue weighted by Gasteiger charge is -2.35. The van der Waals surface area contributed by atoms with Crippen molar-refractivity contribution < 1.29 is 5.11 Å². The highest BCUT2D eigenvalue weighted by Gasteiger charge is 2.37. The number of rotatable bonds is 3. The van der Waals surface area contributed by atoms with Gasteiger partial charge >= 0.3 is 0 Å². The molecule has 1 heterocycles. The van der Waals surface area contributed by atoms with Crippen LogP contribution in [0.3, 0.4) is 0 Å². The molecule has 1 aliphatic rings. The first-order valence-electron chi connectivity index (χ1n) is 5.86. The number of allylic oxidation sites excluding steroid dienone is 1. The van der Waals surface area contributed by atoms with E-state index in [4.69, 9.17) is 0 Å². The number of aliphatic hydroxyl groups excluding tert-OH is 1. The first-order valence-corrected chi connectivity index (χ1v) is 5.86. The minimum absolute atomic E-state index is 0.325. The molecule has 0 spiro atoms. The molecule has 1 unspecified atom stereocenters. The summed E-state index contributed by atoms with van der Waals surface area (Å²) >= 11 is 0. The van der Waals surface area contributed by atoms with Crippen molar-refractivity contribution >= 4 is 0 Å². The van der Waals surface area contributed by atoms with Crippen molar-refractivity contribution in [2.45, 2.75) is 53.8 Å². The molecule has 0 aromatic heterocycles. The van der Waals surface area contributed by atoms with E-state index in [1.165, 1.54) is 5.70 Å². The Morgan fingerprint density at radius 2 is 1.80 bits per heavy atom. The van der Waals surface area contributed by atoms with Gasteiger partial charge in [-0.1, -0.05) is 13.8 Å². The van der Waals surface area contributed by atoms with Gasteiger partial charge in [-0.2, -0.15) is 5.01 Å². The fourth-order valence-corrected chi connectivity index (χ4v) is 2.46. The highest BCUT2D eigenvalue weighted by Crippen LogP contribution is 2.33. The summed E-state index contributed by atoms with van der Waals surface area (Å²) in [6, 6.07) is 0.325. The molecule has 0 saturated carbocycles. The van der Waals surface area contributed by atoms with E-state index < -0.39 is 6.23 Å². The van der Waals surface area contributed by atoms with Crippen molar-refractivity contribution in [1.29, 1.82) is 0 Å². The fourth-order valence-electron chi connectivity index (χ4n) is 2.46. The van der Waals surface area contributed by atoms with E-state index in [9.17, 15) is 5.11 Å². The van der Waals surface area contributed by atoms with Crippen molar-refractivity contribution in [3.05, 3.63) is 11.3 Å². The maximum absolute atomic E-state index is 10.3. The molecule has 1 aliphatic heterocycles. The van der Waals surface area contributed by atoms with E-state index in [1.807, 2.05) is 0 Å². The van der Waals surface area contributed by atoms with Crippen molar-refractivity contribution in [1.82, 2.24) is 10.0 Å². The van der Waals surface area contributed by atoms with Crippen LogP contribution in [0.15, 0.2) is 11.3 Å². The predicted molar refractivity (Wildman–Crippen MR) is 62.9 cm³/mol. The average Bonchev–Trinajstić information content (AvgIpc) is 2.36. The van der Waals surface area contributed by atoms with Gasteiger partial charge < -0.3 is 10.1 Å². The van der Waals surface area contributed by atoms with Crippen LogP contribution in [-0.4, -0.2) is 33.9 Å². The fraction of sp³-hybridized carbons (Fsp3) is 0.833. The molecule has 0 radical (unpaired) electrons. The number of hydrazine groups is 1. The van der Waals surface area contributed by atoms with Crippen LogP contribution in [0.1, 0.15) is 41.5 Å². The summed E-state index contributed by atoms with van der Waals surface area (Å²) in [5, 5.41) is 14.5. The van der Waals surface area contributed by atoms with Crippen LogP contribution in [0.2, 0.25) is 0 Å². The maximum atomic E-state index is 10.3. The maximum Gasteiger partial charge on any atom is 0.148 e. The Morgan fingerprint density at radius 1 is 1.27 bits per heavy atom. The van der Waals surface area contributed by atoms with Crippen LogP contribution in [0.4, 0.5) is 0 Å². The molecule has 15 heavy (non-hydrogen) atoms. The van der Waals surface area contributed by atoms with Crippen LogP contribution in [0, 0.1) is 5.92 Å². The summed E-state index contributed by atoms with van der Waals surface area (Å²) in [7, 11) is 0. The molecule has 0 fully saturated rings. The largest absolute Gasteiger partial charge is 0.373 e. The van der Waals surface area contributed by atoms with Gasteiger partial charge in [0.1, 0.15) is 6.23 Å². The van der Waals surface area contributed by atoms with Crippen molar-refractivity contribution in [2.24, 2.45) is 5.92 Å². The van der Waals surface area contributed by atoms with E-state index in [-0.39, 0.29) is 0 Å². The summed E-state index contributed by atoms with van der Waals surface area (Å²) in [4.78, 5) is 0. The Hall–Kier alpha value is -0.540. The van der Waals surface area contributed by atoms with E-state index in [0.29, 0.717) is 12.0 Å². The molecule has 1 N–H and O–H groups in total. The van der Waals surface area contributed by atoms with Crippen LogP contribution in [0.25, 0.3) is 0 Å². The number of nitrogens with zero attached hydrogens (tertiary/aromatic N) is 2. The Balaban J connectivity index is 3.03. The zero-order valence-corrected chi connectivity index (χ0v) is 10.8. The Bertz CT molecular complexity index is 258. The summed E-state index contributed by atoms with van der Waals surface area (Å²) < 4.78 is 0. The monoisotopic (exact) mass is 212 g/mol. The van der Waals surface area contributed by atoms with E-state index in [2.05, 4.69) is 51.6 Å². The molecule has 3 heteroatoms. The minimum Gasteiger partial charge on any atom is -0.373 e. The third-order valence-electron chi connectivity index (χ3n) is 3.06. The Labute approximate surface area is 93.3 Å². The van der Waals surface area contributed by atoms with Gasteiger partial charge in [0.2, 0.25) is 0 Å². The zero-order chi connectivity index (χ0) is 11.7. The molecule has 88 valence electrons. The molecular formula is C12H24N2O. The van der Waals surface area contributed by atoms with Crippen molar-refractivity contribution in [3.8, 4) is 0 Å². The second-order valence-corrected chi connectivity index (χ2v) is 4.76. The van der Waals surface area contributed by atoms with Crippen LogP contribution in [-0.2, 0) is 0 Å². The third kappa shape index (κ3) is 2.04. The lowest BCUT2D eigenvalue weighted by atomic mass is 10.0. The Morgan fingerprint density at radius 3 is 2.07 bits per heavy atom. The number of aliphatic hydroxyl groups is 1. The molecule has 3 nitrogen and oxygen atoms in total. The first-order chi connectivity index (χ1) is 6.91. The second kappa shape index (κ2) is 4.54. The topological polar surface area (TPSA) is 26.7 Å². The Kier molecular flexibility index (Phi) is 3.79. The SMILES string of the molecule is CCN1C(C)=C(C(C)C)C(O)N1C(C)C. The molecule has 0 aromatic carbocycles. The molecule has 1 atom stereocenters. The molecule has 1 rings (SSSR count). The summed E-state index contributed by atoms with van der Waals surface area (Å²) in [6.45, 7) is 13.6. The van der Waals surface area contributed by atoms with Gasteiger partial charge in [0.05, 0.1) is 0 Å². The average molecular weight is 212 g/mol. The lowest BCUT2D eigenvalue weighted by Crippen LogP contribution is -2.47. The number of hydrogen-bond donors (Lipinski definition) is 1. The summed E-state index contributed by atoms with van der Waals surface area (Å²) in [5.41, 5.74) is 2.37. The highest BCUT2D eigenvalue weighted by molar-refractivity contribution is 5.22. The standard InChI is InChI=1S/C12H24N2O/c1-7-13-10(6)11(8(2)3)12(15)14(13)9(4)5/h8-9,12,15H,7H2,1-6H3. The number of hydrogen-bond acceptors (Lipinski definition) is 3. The molecule has 0 amide bonds. The molecule has 0 bridgehead atoms. The van der Waals surface area contributed by atoms with E-state index >= 15 is 0 Å². The first kappa shape index (κ1) is 12.5. The zero-order valence-electron chi connectivity index (χ0n) is 10.8. The second-order valence-electron chi connectivity index (χ2n) is 4.76. The predicted octanol–water partition coefficient (Wildman–Crippen LogP) is 2.20. The van der Waals surface area contributed by atoms with Crippen LogP contribution >= 0.6 is 0 Å². The summed E-state index contributed by atoms with van der Waals surface area (Å²) in [6.07, 6.45) is -0.440. The normalized spacial score (nSPS) is 23.8. The van der Waals surface area contributed by atoms with Crippen LogP contribution in [0.5, 0.6) is 0 Å². The minimum atomic E-state index is -0.440. The van der Waals surface area contributed by atoms with Gasteiger partial charge in [-0.3, -0.25) is 0 Å². The van der Waals surface area contributed by atoms with E-state index in [1.54, 1.807) is 0 Å². The smallest absolute Gasteiger partial charge is 0.148 e. The van der Waals surface area contributed by atoms with Gasteiger partial charge in [-0.25, -0.2) is 0 Å². The quantitative estimate of drug-likeness (QED) is 0.777. The molecular weight excluding hydrogens is 188 g/mol. The highest BCUT2D eigenvalue weighted by atomic mass is 16.3. The van der Waals surface area contributed by atoms with Gasteiger partial charge in [-0.05, 0) is 39.2 Å². The van der Waals surface area contributed by atoms with Crippen molar-refractivity contribution in [3.63, 3.8) is 0 Å². The van der Waals surface area contributed by atoms with Gasteiger partial charge in [0.15, 0.2) is 0 Å².